The zero-order valence-corrected chi connectivity index (χ0v) is 15.2. The summed E-state index contributed by atoms with van der Waals surface area (Å²) in [6.07, 6.45) is 0.469. The quantitative estimate of drug-likeness (QED) is 0.449. The van der Waals surface area contributed by atoms with E-state index in [0.29, 0.717) is 6.42 Å². The molecular weight excluding hydrogens is 362 g/mol. The van der Waals surface area contributed by atoms with Gasteiger partial charge in [0, 0.05) is 6.07 Å². The zero-order valence-electron chi connectivity index (χ0n) is 15.2. The van der Waals surface area contributed by atoms with Crippen molar-refractivity contribution in [3.8, 4) is 0 Å². The zero-order chi connectivity index (χ0) is 19.8. The number of hydrogen-bond acceptors (Lipinski definition) is 6. The molecule has 0 spiro atoms. The fraction of sp³-hybridized carbons (Fsp3) is 0.300. The Balaban J connectivity index is 1.72. The van der Waals surface area contributed by atoms with E-state index in [9.17, 15) is 19.7 Å². The van der Waals surface area contributed by atoms with E-state index in [1.807, 2.05) is 37.3 Å². The highest BCUT2D eigenvalue weighted by Gasteiger charge is 2.60. The monoisotopic (exact) mass is 381 g/mol. The van der Waals surface area contributed by atoms with Crippen LogP contribution in [0.2, 0.25) is 0 Å². The minimum atomic E-state index is -0.982. The maximum absolute atomic E-state index is 13.2. The lowest BCUT2D eigenvalue weighted by molar-refractivity contribution is -0.384. The van der Waals surface area contributed by atoms with Gasteiger partial charge in [0.05, 0.1) is 22.6 Å². The van der Waals surface area contributed by atoms with Gasteiger partial charge in [-0.15, -0.1) is 0 Å². The molecule has 0 unspecified atom stereocenters. The molecule has 2 fully saturated rings. The van der Waals surface area contributed by atoms with Gasteiger partial charge in [-0.05, 0) is 24.6 Å². The third-order valence-electron chi connectivity index (χ3n) is 5.15. The number of nitro groups is 1. The van der Waals surface area contributed by atoms with Gasteiger partial charge < -0.3 is 0 Å². The van der Waals surface area contributed by atoms with Crippen molar-refractivity contribution >= 4 is 28.9 Å². The van der Waals surface area contributed by atoms with E-state index in [0.717, 1.165) is 17.0 Å². The first-order chi connectivity index (χ1) is 13.5. The second-order valence-electron chi connectivity index (χ2n) is 6.83. The van der Waals surface area contributed by atoms with Crippen LogP contribution in [-0.4, -0.2) is 28.9 Å². The number of benzene rings is 2. The molecule has 144 valence electrons. The highest BCUT2D eigenvalue weighted by atomic mass is 16.7. The van der Waals surface area contributed by atoms with Crippen molar-refractivity contribution in [1.29, 1.82) is 0 Å². The Morgan fingerprint density at radius 1 is 1.04 bits per heavy atom. The molecule has 2 saturated heterocycles. The molecule has 2 aliphatic heterocycles. The number of carbonyl (C=O) groups is 2. The van der Waals surface area contributed by atoms with Gasteiger partial charge in [-0.3, -0.25) is 24.5 Å². The number of hydrogen-bond donors (Lipinski definition) is 0. The molecule has 4 rings (SSSR count). The van der Waals surface area contributed by atoms with Gasteiger partial charge in [0.15, 0.2) is 6.10 Å². The van der Waals surface area contributed by atoms with E-state index in [-0.39, 0.29) is 17.4 Å². The Kier molecular flexibility index (Phi) is 4.56. The van der Waals surface area contributed by atoms with Gasteiger partial charge in [0.1, 0.15) is 5.69 Å². The third-order valence-corrected chi connectivity index (χ3v) is 5.15. The summed E-state index contributed by atoms with van der Waals surface area (Å²) in [6.45, 7) is 2.00. The predicted molar refractivity (Wildman–Crippen MR) is 102 cm³/mol. The fourth-order valence-corrected chi connectivity index (χ4v) is 3.96. The number of nitrogens with zero attached hydrogens (tertiary/aromatic N) is 3. The van der Waals surface area contributed by atoms with E-state index in [2.05, 4.69) is 0 Å². The molecule has 3 atom stereocenters. The number of imide groups is 1. The Morgan fingerprint density at radius 3 is 2.39 bits per heavy atom. The van der Waals surface area contributed by atoms with E-state index in [1.54, 1.807) is 11.1 Å². The molecule has 28 heavy (non-hydrogen) atoms. The van der Waals surface area contributed by atoms with Crippen LogP contribution in [0, 0.1) is 16.0 Å². The lowest BCUT2D eigenvalue weighted by Gasteiger charge is -2.28. The first kappa shape index (κ1) is 18.1. The standard InChI is InChI=1S/C20H19N3O5/c1-2-8-16-17-18(28-22(16)13-9-4-3-5-10-13)20(25)21(19(17)24)14-11-6-7-12-15(14)23(26)27/h3-7,9-12,16-18H,2,8H2,1H3/t16-,17-,18+/m1/s1. The van der Waals surface area contributed by atoms with Crippen molar-refractivity contribution in [3.05, 3.63) is 64.7 Å². The van der Waals surface area contributed by atoms with Crippen molar-refractivity contribution in [2.45, 2.75) is 31.9 Å². The molecule has 0 aromatic heterocycles. The second kappa shape index (κ2) is 7.05. The average molecular weight is 381 g/mol. The lowest BCUT2D eigenvalue weighted by Crippen LogP contribution is -2.40. The maximum Gasteiger partial charge on any atom is 0.293 e. The van der Waals surface area contributed by atoms with Gasteiger partial charge in [-0.2, -0.15) is 0 Å². The topological polar surface area (TPSA) is 93.0 Å². The van der Waals surface area contributed by atoms with Gasteiger partial charge in [0.2, 0.25) is 5.91 Å². The van der Waals surface area contributed by atoms with Crippen molar-refractivity contribution in [1.82, 2.24) is 0 Å². The summed E-state index contributed by atoms with van der Waals surface area (Å²) in [5.74, 6) is -1.72. The number of rotatable bonds is 5. The fourth-order valence-electron chi connectivity index (χ4n) is 3.96. The van der Waals surface area contributed by atoms with E-state index in [4.69, 9.17) is 4.84 Å². The van der Waals surface area contributed by atoms with E-state index in [1.165, 1.54) is 18.2 Å². The third kappa shape index (κ3) is 2.73. The van der Waals surface area contributed by atoms with Gasteiger partial charge in [0.25, 0.3) is 11.6 Å². The molecule has 8 nitrogen and oxygen atoms in total. The van der Waals surface area contributed by atoms with Crippen molar-refractivity contribution in [2.24, 2.45) is 5.92 Å². The smallest absolute Gasteiger partial charge is 0.273 e. The number of fused-ring (bicyclic) bond motifs is 1. The van der Waals surface area contributed by atoms with Gasteiger partial charge in [-0.25, -0.2) is 9.96 Å². The summed E-state index contributed by atoms with van der Waals surface area (Å²) in [7, 11) is 0. The minimum Gasteiger partial charge on any atom is -0.273 e. The van der Waals surface area contributed by atoms with Crippen LogP contribution in [0.15, 0.2) is 54.6 Å². The average Bonchev–Trinajstić information content (AvgIpc) is 3.19. The summed E-state index contributed by atoms with van der Waals surface area (Å²) in [4.78, 5) is 43.8. The molecule has 0 aliphatic carbocycles. The van der Waals surface area contributed by atoms with Crippen LogP contribution in [0.5, 0.6) is 0 Å². The number of anilines is 2. The number of nitro benzene ring substituents is 1. The Labute approximate surface area is 161 Å². The summed E-state index contributed by atoms with van der Waals surface area (Å²) in [5.41, 5.74) is 0.478. The number of hydroxylamine groups is 1. The van der Waals surface area contributed by atoms with Crippen molar-refractivity contribution < 1.29 is 19.3 Å². The first-order valence-corrected chi connectivity index (χ1v) is 9.17. The van der Waals surface area contributed by atoms with Crippen LogP contribution in [0.3, 0.4) is 0 Å². The summed E-state index contributed by atoms with van der Waals surface area (Å²) in [5, 5.41) is 13.0. The van der Waals surface area contributed by atoms with E-state index < -0.39 is 28.8 Å². The van der Waals surface area contributed by atoms with Crippen LogP contribution < -0.4 is 9.96 Å². The van der Waals surface area contributed by atoms with Crippen LogP contribution in [0.4, 0.5) is 17.1 Å². The summed E-state index contributed by atoms with van der Waals surface area (Å²) in [6, 6.07) is 14.8. The Hall–Kier alpha value is -3.26. The molecule has 2 aromatic carbocycles. The van der Waals surface area contributed by atoms with Crippen molar-refractivity contribution in [2.75, 3.05) is 9.96 Å². The Morgan fingerprint density at radius 2 is 1.71 bits per heavy atom. The van der Waals surface area contributed by atoms with Crippen LogP contribution in [0.25, 0.3) is 0 Å². The summed E-state index contributed by atoms with van der Waals surface area (Å²) >= 11 is 0. The molecule has 2 aromatic rings. The lowest BCUT2D eigenvalue weighted by atomic mass is 9.93. The van der Waals surface area contributed by atoms with Gasteiger partial charge in [-0.1, -0.05) is 43.7 Å². The number of carbonyl (C=O) groups excluding carboxylic acids is 2. The largest absolute Gasteiger partial charge is 0.293 e. The predicted octanol–water partition coefficient (Wildman–Crippen LogP) is 3.07. The van der Waals surface area contributed by atoms with E-state index >= 15 is 0 Å². The molecule has 0 saturated carbocycles. The first-order valence-electron chi connectivity index (χ1n) is 9.17. The van der Waals surface area contributed by atoms with Crippen LogP contribution in [-0.2, 0) is 14.4 Å². The Bertz CT molecular complexity index is 932. The molecule has 8 heteroatoms. The number of amides is 2. The van der Waals surface area contributed by atoms with Crippen LogP contribution >= 0.6 is 0 Å². The second-order valence-corrected chi connectivity index (χ2v) is 6.83. The molecule has 0 N–H and O–H groups in total. The minimum absolute atomic E-state index is 0.0120. The maximum atomic E-state index is 13.2. The molecular formula is C20H19N3O5. The highest BCUT2D eigenvalue weighted by Crippen LogP contribution is 2.43. The number of para-hydroxylation sites is 3. The SMILES string of the molecule is CCC[C@@H]1[C@H]2C(=O)N(c3ccccc3[N+](=O)[O-])C(=O)[C@H]2ON1c1ccccc1. The highest BCUT2D eigenvalue weighted by molar-refractivity contribution is 6.24. The molecule has 0 bridgehead atoms. The van der Waals surface area contributed by atoms with Gasteiger partial charge >= 0.3 is 0 Å². The summed E-state index contributed by atoms with van der Waals surface area (Å²) < 4.78 is 0. The van der Waals surface area contributed by atoms with Crippen molar-refractivity contribution in [3.63, 3.8) is 0 Å². The molecule has 2 amide bonds. The normalized spacial score (nSPS) is 24.0. The molecule has 2 aliphatic rings. The molecule has 2 heterocycles. The van der Waals surface area contributed by atoms with Crippen LogP contribution in [0.1, 0.15) is 19.8 Å². The molecule has 0 radical (unpaired) electrons.